The van der Waals surface area contributed by atoms with Gasteiger partial charge in [-0.2, -0.15) is 0 Å². The van der Waals surface area contributed by atoms with Gasteiger partial charge in [0, 0.05) is 0 Å². The van der Waals surface area contributed by atoms with E-state index in [9.17, 15) is 14.3 Å². The van der Waals surface area contributed by atoms with Crippen LogP contribution < -0.4 is 34.5 Å². The van der Waals surface area contributed by atoms with Gasteiger partial charge in [0.05, 0.1) is 0 Å². The van der Waals surface area contributed by atoms with E-state index in [4.69, 9.17) is 0 Å². The second-order valence-corrected chi connectivity index (χ2v) is 4.12. The average Bonchev–Trinajstić information content (AvgIpc) is 2.17. The second kappa shape index (κ2) is 5.17. The van der Waals surface area contributed by atoms with Gasteiger partial charge in [0.1, 0.15) is 11.8 Å². The van der Waals surface area contributed by atoms with E-state index in [2.05, 4.69) is 9.05 Å². The first-order chi connectivity index (χ1) is 7.08. The first-order valence-electron chi connectivity index (χ1n) is 4.07. The molecule has 2 rings (SSSR count). The van der Waals surface area contributed by atoms with Crippen LogP contribution in [0.2, 0.25) is 0 Å². The summed E-state index contributed by atoms with van der Waals surface area (Å²) in [5.74, 6) is -0.925. The first-order valence-corrected chi connectivity index (χ1v) is 5.53. The van der Waals surface area contributed by atoms with E-state index in [0.717, 1.165) is 6.26 Å². The molecule has 1 heterocycles. The molecule has 0 saturated carbocycles. The van der Waals surface area contributed by atoms with Gasteiger partial charge in [-0.25, -0.2) is 9.36 Å². The Morgan fingerprint density at radius 1 is 1.19 bits per heavy atom. The molecule has 1 aliphatic rings. The molecule has 0 aromatic heterocycles. The summed E-state index contributed by atoms with van der Waals surface area (Å²) in [5.41, 5.74) is 0.625. The van der Waals surface area contributed by atoms with Crippen molar-refractivity contribution in [2.45, 2.75) is 0 Å². The van der Waals surface area contributed by atoms with Crippen molar-refractivity contribution in [3.05, 3.63) is 42.2 Å². The van der Waals surface area contributed by atoms with E-state index in [1.54, 1.807) is 30.3 Å². The smallest absolute Gasteiger partial charge is 0.736 e. The topological polar surface area (TPSA) is 75.7 Å². The number of phosphoric acid groups is 1. The Morgan fingerprint density at radius 2 is 1.81 bits per heavy atom. The SMILES string of the molecule is O=C1OP(=O)([O-])OC=C1c1ccccc1.[Na+]. The summed E-state index contributed by atoms with van der Waals surface area (Å²) in [6.07, 6.45) is 0.884. The van der Waals surface area contributed by atoms with Gasteiger partial charge in [0.2, 0.25) is 0 Å². The number of hydrogen-bond acceptors (Lipinski definition) is 5. The monoisotopic (exact) mass is 248 g/mol. The van der Waals surface area contributed by atoms with Gasteiger partial charge >= 0.3 is 43.3 Å². The van der Waals surface area contributed by atoms with Crippen LogP contribution in [0.5, 0.6) is 0 Å². The first kappa shape index (κ1) is 13.5. The quantitative estimate of drug-likeness (QED) is 0.427. The van der Waals surface area contributed by atoms with Crippen LogP contribution in [0.1, 0.15) is 5.56 Å². The third-order valence-electron chi connectivity index (χ3n) is 1.80. The molecular formula is C9H6NaO5P. The van der Waals surface area contributed by atoms with E-state index in [1.165, 1.54) is 0 Å². The standard InChI is InChI=1S/C9H7O5P.Na/c10-9-8(6-13-15(11,12)14-9)7-4-2-1-3-5-7;/h1-6H,(H,11,12);/q;+1/p-1. The maximum atomic E-state index is 11.3. The number of carbonyl (C=O) groups is 1. The molecule has 0 spiro atoms. The molecule has 0 N–H and O–H groups in total. The molecule has 0 radical (unpaired) electrons. The summed E-state index contributed by atoms with van der Waals surface area (Å²) in [5, 5.41) is 0. The molecule has 78 valence electrons. The largest absolute Gasteiger partial charge is 1.00 e. The molecule has 1 unspecified atom stereocenters. The minimum Gasteiger partial charge on any atom is -0.736 e. The second-order valence-electron chi connectivity index (χ2n) is 2.83. The molecule has 0 amide bonds. The molecule has 0 aliphatic carbocycles. The van der Waals surface area contributed by atoms with Crippen LogP contribution in [0.4, 0.5) is 0 Å². The fourth-order valence-corrected chi connectivity index (χ4v) is 1.72. The maximum Gasteiger partial charge on any atom is 1.00 e. The van der Waals surface area contributed by atoms with Crippen LogP contribution in [0.25, 0.3) is 5.57 Å². The van der Waals surface area contributed by atoms with Gasteiger partial charge in [-0.15, -0.1) is 0 Å². The fraction of sp³-hybridized carbons (Fsp3) is 0. The van der Waals surface area contributed by atoms with Gasteiger partial charge in [-0.1, -0.05) is 30.3 Å². The van der Waals surface area contributed by atoms with Crippen molar-refractivity contribution in [1.29, 1.82) is 0 Å². The van der Waals surface area contributed by atoms with Crippen molar-refractivity contribution in [2.75, 3.05) is 0 Å². The van der Waals surface area contributed by atoms with Crippen LogP contribution in [0.3, 0.4) is 0 Å². The van der Waals surface area contributed by atoms with E-state index in [-0.39, 0.29) is 35.1 Å². The summed E-state index contributed by atoms with van der Waals surface area (Å²) in [7, 11) is -4.48. The maximum absolute atomic E-state index is 11.3. The molecule has 0 bridgehead atoms. The zero-order valence-electron chi connectivity index (χ0n) is 8.45. The Hall–Kier alpha value is -0.580. The van der Waals surface area contributed by atoms with Crippen molar-refractivity contribution in [1.82, 2.24) is 0 Å². The third kappa shape index (κ3) is 2.97. The van der Waals surface area contributed by atoms with E-state index in [0.29, 0.717) is 5.56 Å². The van der Waals surface area contributed by atoms with Gasteiger partial charge in [-0.3, -0.25) is 0 Å². The van der Waals surface area contributed by atoms with Gasteiger partial charge in [0.15, 0.2) is 0 Å². The van der Waals surface area contributed by atoms with Crippen LogP contribution >= 0.6 is 7.82 Å². The van der Waals surface area contributed by atoms with E-state index in [1.807, 2.05) is 0 Å². The normalized spacial score (nSPS) is 23.6. The van der Waals surface area contributed by atoms with Crippen LogP contribution in [0.15, 0.2) is 36.6 Å². The Bertz CT molecular complexity index is 470. The molecule has 1 aromatic rings. The number of benzene rings is 1. The van der Waals surface area contributed by atoms with Crippen LogP contribution in [0, 0.1) is 0 Å². The summed E-state index contributed by atoms with van der Waals surface area (Å²) in [4.78, 5) is 22.0. The minimum atomic E-state index is -4.48. The summed E-state index contributed by atoms with van der Waals surface area (Å²) < 4.78 is 19.2. The Morgan fingerprint density at radius 3 is 2.38 bits per heavy atom. The molecule has 1 aliphatic heterocycles. The molecule has 5 nitrogen and oxygen atoms in total. The van der Waals surface area contributed by atoms with Crippen LogP contribution in [-0.2, 0) is 18.4 Å². The predicted molar refractivity (Wildman–Crippen MR) is 49.2 cm³/mol. The molecule has 7 heteroatoms. The molecule has 0 saturated heterocycles. The van der Waals surface area contributed by atoms with Crippen molar-refractivity contribution in [3.63, 3.8) is 0 Å². The van der Waals surface area contributed by atoms with E-state index < -0.39 is 13.8 Å². The molecule has 1 atom stereocenters. The Kier molecular flexibility index (Phi) is 4.35. The average molecular weight is 248 g/mol. The number of hydrogen-bond donors (Lipinski definition) is 0. The van der Waals surface area contributed by atoms with Gasteiger partial charge in [0.25, 0.3) is 0 Å². The molecule has 1 aromatic carbocycles. The zero-order valence-corrected chi connectivity index (χ0v) is 11.3. The minimum absolute atomic E-state index is 0. The van der Waals surface area contributed by atoms with Crippen molar-refractivity contribution >= 4 is 19.4 Å². The Balaban J connectivity index is 0.00000128. The summed E-state index contributed by atoms with van der Waals surface area (Å²) >= 11 is 0. The number of rotatable bonds is 1. The van der Waals surface area contributed by atoms with E-state index >= 15 is 0 Å². The number of phosphoric ester groups is 1. The molecule has 0 fully saturated rings. The summed E-state index contributed by atoms with van der Waals surface area (Å²) in [6.45, 7) is 0. The van der Waals surface area contributed by atoms with Crippen molar-refractivity contribution < 1.29 is 52.9 Å². The molecule has 16 heavy (non-hydrogen) atoms. The molecular weight excluding hydrogens is 242 g/mol. The van der Waals surface area contributed by atoms with Gasteiger partial charge < -0.3 is 13.9 Å². The van der Waals surface area contributed by atoms with Crippen molar-refractivity contribution in [2.24, 2.45) is 0 Å². The zero-order chi connectivity index (χ0) is 10.9. The predicted octanol–water partition coefficient (Wildman–Crippen LogP) is -1.93. The van der Waals surface area contributed by atoms with Crippen molar-refractivity contribution in [3.8, 4) is 0 Å². The van der Waals surface area contributed by atoms with Crippen LogP contribution in [-0.4, -0.2) is 5.97 Å². The summed E-state index contributed by atoms with van der Waals surface area (Å²) in [6, 6.07) is 8.51. The Labute approximate surface area is 114 Å². The fourth-order valence-electron chi connectivity index (χ4n) is 1.14. The number of carbonyl (C=O) groups excluding carboxylic acids is 1. The third-order valence-corrected chi connectivity index (χ3v) is 2.55. The van der Waals surface area contributed by atoms with Gasteiger partial charge in [-0.05, 0) is 5.56 Å².